The molecule has 0 aromatic heterocycles. The zero-order chi connectivity index (χ0) is 15.0. The summed E-state index contributed by atoms with van der Waals surface area (Å²) in [7, 11) is 0. The van der Waals surface area contributed by atoms with Crippen LogP contribution in [0.1, 0.15) is 39.3 Å². The molecule has 1 aromatic rings. The smallest absolute Gasteiger partial charge is 0.137 e. The van der Waals surface area contributed by atoms with Gasteiger partial charge in [-0.1, -0.05) is 26.8 Å². The van der Waals surface area contributed by atoms with Crippen LogP contribution >= 0.6 is 11.8 Å². The Kier molecular flexibility index (Phi) is 8.19. The van der Waals surface area contributed by atoms with Crippen LogP contribution in [0.25, 0.3) is 0 Å². The van der Waals surface area contributed by atoms with Gasteiger partial charge in [-0.05, 0) is 44.3 Å². The van der Waals surface area contributed by atoms with Crippen LogP contribution in [-0.2, 0) is 0 Å². The maximum Gasteiger partial charge on any atom is 0.137 e. The van der Waals surface area contributed by atoms with Gasteiger partial charge in [-0.15, -0.1) is 11.8 Å². The van der Waals surface area contributed by atoms with Crippen LogP contribution < -0.4 is 5.32 Å². The topological polar surface area (TPSA) is 15.3 Å². The van der Waals surface area contributed by atoms with Crippen molar-refractivity contribution in [2.75, 3.05) is 31.9 Å². The van der Waals surface area contributed by atoms with E-state index in [1.807, 2.05) is 12.1 Å². The Morgan fingerprint density at radius 2 is 1.95 bits per heavy atom. The van der Waals surface area contributed by atoms with Crippen LogP contribution in [0.4, 0.5) is 4.39 Å². The first-order valence-electron chi connectivity index (χ1n) is 7.50. The maximum atomic E-state index is 14.1. The summed E-state index contributed by atoms with van der Waals surface area (Å²) in [5.41, 5.74) is 1.01. The number of hydrogen-bond acceptors (Lipinski definition) is 3. The molecule has 0 saturated carbocycles. The van der Waals surface area contributed by atoms with Gasteiger partial charge in [-0.25, -0.2) is 4.39 Å². The highest BCUT2D eigenvalue weighted by Gasteiger charge is 2.09. The maximum absolute atomic E-state index is 14.1. The Morgan fingerprint density at radius 3 is 2.50 bits per heavy atom. The summed E-state index contributed by atoms with van der Waals surface area (Å²) in [6.45, 7) is 12.4. The fourth-order valence-electron chi connectivity index (χ4n) is 2.15. The van der Waals surface area contributed by atoms with Gasteiger partial charge in [-0.3, -0.25) is 0 Å². The average molecular weight is 298 g/mol. The molecule has 1 rings (SSSR count). The minimum absolute atomic E-state index is 0.100. The van der Waals surface area contributed by atoms with E-state index in [0.29, 0.717) is 0 Å². The third kappa shape index (κ3) is 5.43. The zero-order valence-corrected chi connectivity index (χ0v) is 13.9. The SMILES string of the molecule is CCNC(C)c1ccc(SCCN(CC)CC)c(F)c1. The number of hydrogen-bond donors (Lipinski definition) is 1. The van der Waals surface area contributed by atoms with Gasteiger partial charge in [0.1, 0.15) is 5.82 Å². The molecular formula is C16H27FN2S. The average Bonchev–Trinajstić information content (AvgIpc) is 2.45. The Bertz CT molecular complexity index is 394. The van der Waals surface area contributed by atoms with E-state index in [0.717, 1.165) is 42.4 Å². The highest BCUT2D eigenvalue weighted by atomic mass is 32.2. The molecule has 1 atom stereocenters. The molecule has 0 aliphatic heterocycles. The lowest BCUT2D eigenvalue weighted by molar-refractivity contribution is 0.324. The van der Waals surface area contributed by atoms with E-state index >= 15 is 0 Å². The predicted octanol–water partition coefficient (Wildman–Crippen LogP) is 3.93. The molecule has 0 aliphatic rings. The predicted molar refractivity (Wildman–Crippen MR) is 87.0 cm³/mol. The van der Waals surface area contributed by atoms with E-state index in [9.17, 15) is 4.39 Å². The largest absolute Gasteiger partial charge is 0.310 e. The van der Waals surface area contributed by atoms with E-state index in [1.165, 1.54) is 0 Å². The zero-order valence-electron chi connectivity index (χ0n) is 13.1. The first-order valence-corrected chi connectivity index (χ1v) is 8.48. The molecule has 0 bridgehead atoms. The van der Waals surface area contributed by atoms with Gasteiger partial charge in [0.2, 0.25) is 0 Å². The van der Waals surface area contributed by atoms with Crippen molar-refractivity contribution in [2.45, 2.75) is 38.6 Å². The van der Waals surface area contributed by atoms with Crippen LogP contribution in [0.15, 0.2) is 23.1 Å². The molecule has 0 fully saturated rings. The van der Waals surface area contributed by atoms with Crippen molar-refractivity contribution in [1.82, 2.24) is 10.2 Å². The number of nitrogens with one attached hydrogen (secondary N) is 1. The van der Waals surface area contributed by atoms with E-state index < -0.39 is 0 Å². The lowest BCUT2D eigenvalue weighted by atomic mass is 10.1. The van der Waals surface area contributed by atoms with Crippen molar-refractivity contribution in [2.24, 2.45) is 0 Å². The second-order valence-electron chi connectivity index (χ2n) is 4.84. The van der Waals surface area contributed by atoms with E-state index in [4.69, 9.17) is 0 Å². The normalized spacial score (nSPS) is 12.9. The number of benzene rings is 1. The number of rotatable bonds is 9. The molecule has 0 amide bonds. The van der Waals surface area contributed by atoms with Gasteiger partial charge in [-0.2, -0.15) is 0 Å². The summed E-state index contributed by atoms with van der Waals surface area (Å²) >= 11 is 1.60. The van der Waals surface area contributed by atoms with Crippen LogP contribution in [0.2, 0.25) is 0 Å². The van der Waals surface area contributed by atoms with Crippen LogP contribution in [0.5, 0.6) is 0 Å². The van der Waals surface area contributed by atoms with Crippen molar-refractivity contribution in [3.8, 4) is 0 Å². The molecule has 1 N–H and O–H groups in total. The molecular weight excluding hydrogens is 271 g/mol. The van der Waals surface area contributed by atoms with E-state index in [-0.39, 0.29) is 11.9 Å². The summed E-state index contributed by atoms with van der Waals surface area (Å²) in [6, 6.07) is 5.79. The summed E-state index contributed by atoms with van der Waals surface area (Å²) in [6.07, 6.45) is 0. The van der Waals surface area contributed by atoms with Crippen molar-refractivity contribution in [3.05, 3.63) is 29.6 Å². The molecule has 1 unspecified atom stereocenters. The molecule has 0 heterocycles. The number of nitrogens with zero attached hydrogens (tertiary/aromatic N) is 1. The lowest BCUT2D eigenvalue weighted by Crippen LogP contribution is -2.25. The quantitative estimate of drug-likeness (QED) is 0.695. The van der Waals surface area contributed by atoms with Crippen molar-refractivity contribution < 1.29 is 4.39 Å². The van der Waals surface area contributed by atoms with E-state index in [2.05, 4.69) is 37.9 Å². The molecule has 0 spiro atoms. The van der Waals surface area contributed by atoms with Crippen molar-refractivity contribution in [3.63, 3.8) is 0 Å². The van der Waals surface area contributed by atoms with Gasteiger partial charge in [0, 0.05) is 23.2 Å². The van der Waals surface area contributed by atoms with Gasteiger partial charge < -0.3 is 10.2 Å². The van der Waals surface area contributed by atoms with Crippen LogP contribution in [-0.4, -0.2) is 36.8 Å². The second kappa shape index (κ2) is 9.37. The molecule has 1 aromatic carbocycles. The molecule has 20 heavy (non-hydrogen) atoms. The van der Waals surface area contributed by atoms with Crippen LogP contribution in [0, 0.1) is 5.82 Å². The minimum Gasteiger partial charge on any atom is -0.310 e. The number of halogens is 1. The van der Waals surface area contributed by atoms with E-state index in [1.54, 1.807) is 17.8 Å². The molecule has 0 radical (unpaired) electrons. The highest BCUT2D eigenvalue weighted by Crippen LogP contribution is 2.25. The minimum atomic E-state index is -0.100. The monoisotopic (exact) mass is 298 g/mol. The number of thioether (sulfide) groups is 1. The lowest BCUT2D eigenvalue weighted by Gasteiger charge is -2.17. The first-order chi connectivity index (χ1) is 9.62. The van der Waals surface area contributed by atoms with Gasteiger partial charge in [0.25, 0.3) is 0 Å². The summed E-state index contributed by atoms with van der Waals surface area (Å²) in [5, 5.41) is 3.30. The highest BCUT2D eigenvalue weighted by molar-refractivity contribution is 7.99. The fourth-order valence-corrected chi connectivity index (χ4v) is 3.08. The third-order valence-corrected chi connectivity index (χ3v) is 4.55. The molecule has 2 nitrogen and oxygen atoms in total. The summed E-state index contributed by atoms with van der Waals surface area (Å²) in [4.78, 5) is 3.11. The molecule has 114 valence electrons. The Morgan fingerprint density at radius 1 is 1.25 bits per heavy atom. The molecule has 4 heteroatoms. The van der Waals surface area contributed by atoms with Crippen LogP contribution in [0.3, 0.4) is 0 Å². The first kappa shape index (κ1) is 17.5. The van der Waals surface area contributed by atoms with Gasteiger partial charge in [0.15, 0.2) is 0 Å². The Labute approximate surface area is 127 Å². The van der Waals surface area contributed by atoms with Crippen molar-refractivity contribution >= 4 is 11.8 Å². The summed E-state index contributed by atoms with van der Waals surface area (Å²) < 4.78 is 14.1. The Hall–Kier alpha value is -0.580. The van der Waals surface area contributed by atoms with Crippen molar-refractivity contribution in [1.29, 1.82) is 0 Å². The van der Waals surface area contributed by atoms with Gasteiger partial charge >= 0.3 is 0 Å². The summed E-state index contributed by atoms with van der Waals surface area (Å²) in [5.74, 6) is 0.831. The van der Waals surface area contributed by atoms with Gasteiger partial charge in [0.05, 0.1) is 0 Å². The molecule has 0 aliphatic carbocycles. The fraction of sp³-hybridized carbons (Fsp3) is 0.625. The second-order valence-corrected chi connectivity index (χ2v) is 5.98. The third-order valence-electron chi connectivity index (χ3n) is 3.53. The Balaban J connectivity index is 2.55. The molecule has 0 saturated heterocycles. The standard InChI is InChI=1S/C16H27FN2S/c1-5-18-13(4)14-8-9-16(15(17)12-14)20-11-10-19(6-2)7-3/h8-9,12-13,18H,5-7,10-11H2,1-4H3.